The molecule has 54 heavy (non-hydrogen) atoms. The van der Waals surface area contributed by atoms with Gasteiger partial charge in [0.15, 0.2) is 0 Å². The molecule has 0 bridgehead atoms. The Morgan fingerprint density at radius 2 is 0.463 bits per heavy atom. The first kappa shape index (κ1) is 47.9. The van der Waals surface area contributed by atoms with Crippen molar-refractivity contribution >= 4 is 0 Å². The van der Waals surface area contributed by atoms with Gasteiger partial charge in [-0.3, -0.25) is 0 Å². The van der Waals surface area contributed by atoms with E-state index in [-0.39, 0.29) is 68.7 Å². The highest BCUT2D eigenvalue weighted by molar-refractivity contribution is 4.99. The predicted octanol–water partition coefficient (Wildman–Crippen LogP) is 8.46. The Balaban J connectivity index is 0.000000291. The monoisotopic (exact) mass is 773 g/mol. The van der Waals surface area contributed by atoms with Crippen LogP contribution in [-0.4, -0.2) is 136 Å². The van der Waals surface area contributed by atoms with Gasteiger partial charge in [0.1, 0.15) is 0 Å². The maximum atomic E-state index is 10.4. The van der Waals surface area contributed by atoms with Gasteiger partial charge in [0.2, 0.25) is 0 Å². The normalized spacial score (nSPS) is 29.1. The molecule has 4 aliphatic heterocycles. The first-order chi connectivity index (χ1) is 24.3. The first-order valence-electron chi connectivity index (χ1n) is 20.8. The molecule has 4 fully saturated rings. The molecule has 0 radical (unpaired) electrons. The lowest BCUT2D eigenvalue weighted by Crippen LogP contribution is -2.61. The van der Waals surface area contributed by atoms with Crippen LogP contribution < -0.4 is 0 Å². The Bertz CT molecular complexity index is 1030. The van der Waals surface area contributed by atoms with Gasteiger partial charge >= 0.3 is 0 Å². The topological polar surface area (TPSA) is 131 Å². The zero-order chi connectivity index (χ0) is 41.3. The highest BCUT2D eigenvalue weighted by Crippen LogP contribution is 2.41. The van der Waals surface area contributed by atoms with E-state index in [1.165, 1.54) is 20.3 Å². The van der Waals surface area contributed by atoms with Gasteiger partial charge in [0, 0.05) is 57.5 Å². The fourth-order valence-corrected chi connectivity index (χ4v) is 10.3. The average molecular weight is 773 g/mol. The predicted molar refractivity (Wildman–Crippen MR) is 212 cm³/mol. The molecule has 0 amide bonds. The summed E-state index contributed by atoms with van der Waals surface area (Å²) in [5, 5.41) is 47.4. The fraction of sp³-hybridized carbons (Fsp3) is 1.00. The third-order valence-electron chi connectivity index (χ3n) is 12.4. The highest BCUT2D eigenvalue weighted by Gasteiger charge is 2.48. The summed E-state index contributed by atoms with van der Waals surface area (Å²) in [4.78, 5) is 0. The van der Waals surface area contributed by atoms with Gasteiger partial charge in [-0.05, 0) is 175 Å². The molecule has 12 heteroatoms. The zero-order valence-corrected chi connectivity index (χ0v) is 37.4. The van der Waals surface area contributed by atoms with E-state index in [2.05, 4.69) is 55.4 Å². The van der Waals surface area contributed by atoms with Gasteiger partial charge in [-0.25, -0.2) is 0 Å². The second kappa shape index (κ2) is 17.4. The van der Waals surface area contributed by atoms with Crippen LogP contribution in [0.2, 0.25) is 0 Å². The highest BCUT2D eigenvalue weighted by atomic mass is 16.5. The number of rotatable bonds is 12. The van der Waals surface area contributed by atoms with Crippen molar-refractivity contribution in [2.75, 3.05) is 26.4 Å². The molecule has 4 aliphatic rings. The standard InChI is InChI=1S/C22H44N2O4.C20H40N2O4/c1-19(2)13-17(14-20(3,4)23(19)25)27-11-9-10-12-28-18-15-21(5,6)24(26)22(7,8)16-18;1-17(2)11-15(12-18(3,4)21(17)23)25-9-10-26-16-13-19(5,6)22(24)20(7,8)14-16/h17-18,25-26H,9-16H2,1-8H3;15-16,23-24H,9-14H2,1-8H3. The Labute approximate surface area is 329 Å². The minimum Gasteiger partial charge on any atom is -0.378 e. The molecule has 0 aromatic rings. The number of unbranched alkanes of at least 4 members (excludes halogenated alkanes) is 1. The second-order valence-corrected chi connectivity index (χ2v) is 22.1. The molecule has 320 valence electrons. The van der Waals surface area contributed by atoms with Crippen molar-refractivity contribution in [1.29, 1.82) is 0 Å². The molecule has 0 atom stereocenters. The maximum absolute atomic E-state index is 10.4. The molecule has 4 saturated heterocycles. The number of nitrogens with zero attached hydrogens (tertiary/aromatic N) is 4. The number of hydrogen-bond donors (Lipinski definition) is 4. The van der Waals surface area contributed by atoms with E-state index in [1.54, 1.807) is 0 Å². The molecular weight excluding hydrogens is 688 g/mol. The number of ether oxygens (including phenoxy) is 4. The molecular formula is C42H84N4O8. The van der Waals surface area contributed by atoms with Crippen LogP contribution in [0.15, 0.2) is 0 Å². The van der Waals surface area contributed by atoms with Crippen molar-refractivity contribution in [3.8, 4) is 0 Å². The summed E-state index contributed by atoms with van der Waals surface area (Å²) in [5.41, 5.74) is -2.25. The summed E-state index contributed by atoms with van der Waals surface area (Å²) >= 11 is 0. The number of piperidine rings is 4. The quantitative estimate of drug-likeness (QED) is 0.142. The minimum absolute atomic E-state index is 0.124. The molecule has 0 saturated carbocycles. The summed E-state index contributed by atoms with van der Waals surface area (Å²) in [6.07, 6.45) is 9.14. The second-order valence-electron chi connectivity index (χ2n) is 22.1. The average Bonchev–Trinajstić information content (AvgIpc) is 2.99. The van der Waals surface area contributed by atoms with E-state index in [0.29, 0.717) is 13.2 Å². The van der Waals surface area contributed by atoms with Crippen LogP contribution in [0.4, 0.5) is 0 Å². The summed E-state index contributed by atoms with van der Waals surface area (Å²) in [6, 6.07) is 0. The van der Waals surface area contributed by atoms with Crippen LogP contribution in [0.3, 0.4) is 0 Å². The summed E-state index contributed by atoms with van der Waals surface area (Å²) in [7, 11) is 0. The van der Waals surface area contributed by atoms with Crippen molar-refractivity contribution in [2.45, 2.75) is 244 Å². The van der Waals surface area contributed by atoms with Gasteiger partial charge in [0.25, 0.3) is 0 Å². The van der Waals surface area contributed by atoms with Gasteiger partial charge in [-0.2, -0.15) is 20.3 Å². The Hall–Kier alpha value is -0.480. The Morgan fingerprint density at radius 1 is 0.315 bits per heavy atom. The zero-order valence-electron chi connectivity index (χ0n) is 37.4. The molecule has 0 spiro atoms. The van der Waals surface area contributed by atoms with Crippen LogP contribution in [0.25, 0.3) is 0 Å². The number of hydroxylamine groups is 8. The lowest BCUT2D eigenvalue weighted by molar-refractivity contribution is -0.266. The molecule has 4 N–H and O–H groups in total. The molecule has 12 nitrogen and oxygen atoms in total. The van der Waals surface area contributed by atoms with Crippen molar-refractivity contribution in [1.82, 2.24) is 20.3 Å². The third-order valence-corrected chi connectivity index (χ3v) is 12.4. The Kier molecular flexibility index (Phi) is 15.4. The van der Waals surface area contributed by atoms with Crippen LogP contribution in [0.1, 0.15) is 175 Å². The van der Waals surface area contributed by atoms with E-state index < -0.39 is 0 Å². The molecule has 0 aliphatic carbocycles. The van der Waals surface area contributed by atoms with Crippen LogP contribution in [0, 0.1) is 0 Å². The first-order valence-corrected chi connectivity index (χ1v) is 20.8. The minimum atomic E-state index is -0.296. The maximum Gasteiger partial charge on any atom is 0.0704 e. The summed E-state index contributed by atoms with van der Waals surface area (Å²) < 4.78 is 24.5. The van der Waals surface area contributed by atoms with Crippen molar-refractivity contribution in [2.24, 2.45) is 0 Å². The van der Waals surface area contributed by atoms with E-state index in [9.17, 15) is 20.8 Å². The van der Waals surface area contributed by atoms with Crippen molar-refractivity contribution < 1.29 is 39.8 Å². The van der Waals surface area contributed by atoms with Crippen LogP contribution in [-0.2, 0) is 18.9 Å². The lowest BCUT2D eigenvalue weighted by Gasteiger charge is -2.51. The van der Waals surface area contributed by atoms with E-state index in [4.69, 9.17) is 18.9 Å². The van der Waals surface area contributed by atoms with Gasteiger partial charge in [0.05, 0.1) is 37.6 Å². The molecule has 4 rings (SSSR count). The van der Waals surface area contributed by atoms with E-state index in [1.807, 2.05) is 55.4 Å². The largest absolute Gasteiger partial charge is 0.378 e. The summed E-state index contributed by atoms with van der Waals surface area (Å²) in [6.45, 7) is 35.5. The van der Waals surface area contributed by atoms with Gasteiger partial charge in [-0.15, -0.1) is 0 Å². The Morgan fingerprint density at radius 3 is 0.630 bits per heavy atom. The van der Waals surface area contributed by atoms with Crippen LogP contribution >= 0.6 is 0 Å². The van der Waals surface area contributed by atoms with E-state index >= 15 is 0 Å². The van der Waals surface area contributed by atoms with Crippen LogP contribution in [0.5, 0.6) is 0 Å². The number of hydrogen-bond acceptors (Lipinski definition) is 12. The smallest absolute Gasteiger partial charge is 0.0704 e. The SMILES string of the molecule is CC1(C)CC(OCCCCOC2CC(C)(C)N(O)C(C)(C)C2)CC(C)(C)N1O.CC1(C)CC(OCCOC2CC(C)(C)N(O)C(C)(C)C2)CC(C)(C)N1O. The summed E-state index contributed by atoms with van der Waals surface area (Å²) in [5.74, 6) is 0. The third kappa shape index (κ3) is 12.3. The van der Waals surface area contributed by atoms with Gasteiger partial charge < -0.3 is 39.8 Å². The fourth-order valence-electron chi connectivity index (χ4n) is 10.3. The molecule has 4 heterocycles. The van der Waals surface area contributed by atoms with Crippen molar-refractivity contribution in [3.63, 3.8) is 0 Å². The van der Waals surface area contributed by atoms with E-state index in [0.717, 1.165) is 77.4 Å². The molecule has 0 unspecified atom stereocenters. The molecule has 0 aromatic heterocycles. The van der Waals surface area contributed by atoms with Gasteiger partial charge in [-0.1, -0.05) is 0 Å². The lowest BCUT2D eigenvalue weighted by atomic mass is 9.80. The molecule has 0 aromatic carbocycles. The van der Waals surface area contributed by atoms with Crippen molar-refractivity contribution in [3.05, 3.63) is 0 Å².